The summed E-state index contributed by atoms with van der Waals surface area (Å²) in [5.41, 5.74) is 1.28. The molecule has 1 saturated heterocycles. The van der Waals surface area contributed by atoms with Gasteiger partial charge in [-0.25, -0.2) is 8.42 Å². The van der Waals surface area contributed by atoms with Crippen LogP contribution >= 0.6 is 0 Å². The number of benzene rings is 1. The Hall–Kier alpha value is -1.43. The maximum atomic E-state index is 13.0. The lowest BCUT2D eigenvalue weighted by Crippen LogP contribution is -2.42. The highest BCUT2D eigenvalue weighted by Gasteiger charge is 2.35. The molecule has 0 bridgehead atoms. The van der Waals surface area contributed by atoms with E-state index in [2.05, 4.69) is 29.2 Å². The Morgan fingerprint density at radius 1 is 1.25 bits per heavy atom. The number of likely N-dealkylation sites (N-methyl/N-ethyl adjacent to an activating group) is 1. The highest BCUT2D eigenvalue weighted by Crippen LogP contribution is 2.27. The molecule has 1 aliphatic carbocycles. The first kappa shape index (κ1) is 17.4. The third-order valence-electron chi connectivity index (χ3n) is 4.83. The average molecular weight is 346 g/mol. The average Bonchev–Trinajstić information content (AvgIpc) is 3.05. The molecule has 0 radical (unpaired) electrons. The van der Waals surface area contributed by atoms with Gasteiger partial charge in [0.1, 0.15) is 0 Å². The second-order valence-electron chi connectivity index (χ2n) is 6.47. The third kappa shape index (κ3) is 3.79. The van der Waals surface area contributed by atoms with Gasteiger partial charge in [0.25, 0.3) is 0 Å². The van der Waals surface area contributed by atoms with E-state index in [1.807, 2.05) is 25.1 Å². The third-order valence-corrected chi connectivity index (χ3v) is 7.01. The van der Waals surface area contributed by atoms with Gasteiger partial charge in [-0.05, 0) is 30.9 Å². The molecule has 5 heteroatoms. The van der Waals surface area contributed by atoms with E-state index in [9.17, 15) is 8.42 Å². The van der Waals surface area contributed by atoms with Crippen molar-refractivity contribution >= 4 is 10.0 Å². The molecule has 1 unspecified atom stereocenters. The van der Waals surface area contributed by atoms with Crippen molar-refractivity contribution in [3.05, 3.63) is 59.0 Å². The molecule has 0 aromatic heterocycles. The Labute approximate surface area is 145 Å². The first-order valence-corrected chi connectivity index (χ1v) is 10.2. The molecule has 0 saturated carbocycles. The van der Waals surface area contributed by atoms with E-state index >= 15 is 0 Å². The molecule has 2 aliphatic rings. The van der Waals surface area contributed by atoms with Crippen molar-refractivity contribution in [3.63, 3.8) is 0 Å². The van der Waals surface area contributed by atoms with E-state index in [-0.39, 0.29) is 6.04 Å². The van der Waals surface area contributed by atoms with Crippen LogP contribution in [0, 0.1) is 0 Å². The highest BCUT2D eigenvalue weighted by atomic mass is 32.2. The molecular weight excluding hydrogens is 320 g/mol. The molecule has 0 amide bonds. The quantitative estimate of drug-likeness (QED) is 0.794. The molecule has 0 N–H and O–H groups in total. The van der Waals surface area contributed by atoms with Gasteiger partial charge in [0, 0.05) is 32.2 Å². The maximum Gasteiger partial charge on any atom is 0.239 e. The van der Waals surface area contributed by atoms with Crippen LogP contribution in [0.25, 0.3) is 0 Å². The van der Waals surface area contributed by atoms with Gasteiger partial charge in [0.05, 0.1) is 4.91 Å². The molecule has 1 aliphatic heterocycles. The lowest BCUT2D eigenvalue weighted by molar-refractivity contribution is 0.286. The largest absolute Gasteiger partial charge is 0.297 e. The molecule has 1 aromatic rings. The molecule has 1 atom stereocenters. The number of allylic oxidation sites excluding steroid dienone is 4. The first-order chi connectivity index (χ1) is 11.6. The fourth-order valence-electron chi connectivity index (χ4n) is 3.60. The standard InChI is InChI=1S/C19H26N2O2S/c1-2-21(24(22,23)19-11-7-4-8-12-19)18-13-14-20(16-18)15-17-9-5-3-6-10-17/h3-7,9-11,18H,2,8,12-16H2,1H3. The van der Waals surface area contributed by atoms with E-state index in [1.54, 1.807) is 10.4 Å². The summed E-state index contributed by atoms with van der Waals surface area (Å²) >= 11 is 0. The summed E-state index contributed by atoms with van der Waals surface area (Å²) < 4.78 is 27.7. The topological polar surface area (TPSA) is 40.6 Å². The molecule has 130 valence electrons. The number of sulfonamides is 1. The minimum atomic E-state index is -3.34. The summed E-state index contributed by atoms with van der Waals surface area (Å²) in [5, 5.41) is 0. The molecule has 3 rings (SSSR count). The van der Waals surface area contributed by atoms with Crippen molar-refractivity contribution in [2.45, 2.75) is 38.8 Å². The lowest BCUT2D eigenvalue weighted by atomic mass is 10.2. The van der Waals surface area contributed by atoms with Crippen LogP contribution in [0.1, 0.15) is 31.7 Å². The van der Waals surface area contributed by atoms with Gasteiger partial charge in [-0.2, -0.15) is 4.31 Å². The van der Waals surface area contributed by atoms with E-state index < -0.39 is 10.0 Å². The number of hydrogen-bond acceptors (Lipinski definition) is 3. The van der Waals surface area contributed by atoms with E-state index in [4.69, 9.17) is 0 Å². The molecule has 4 nitrogen and oxygen atoms in total. The molecule has 0 spiro atoms. The first-order valence-electron chi connectivity index (χ1n) is 8.75. The predicted molar refractivity (Wildman–Crippen MR) is 97.9 cm³/mol. The predicted octanol–water partition coefficient (Wildman–Crippen LogP) is 3.15. The number of rotatable bonds is 6. The summed E-state index contributed by atoms with van der Waals surface area (Å²) in [6.45, 7) is 5.12. The molecule has 1 aromatic carbocycles. The number of hydrogen-bond donors (Lipinski definition) is 0. The zero-order valence-electron chi connectivity index (χ0n) is 14.3. The van der Waals surface area contributed by atoms with Gasteiger partial charge < -0.3 is 0 Å². The van der Waals surface area contributed by atoms with Crippen LogP contribution in [0.15, 0.2) is 53.5 Å². The summed E-state index contributed by atoms with van der Waals surface area (Å²) in [4.78, 5) is 2.92. The number of nitrogens with zero attached hydrogens (tertiary/aromatic N) is 2. The maximum absolute atomic E-state index is 13.0. The lowest BCUT2D eigenvalue weighted by Gasteiger charge is -2.28. The normalized spacial score (nSPS) is 22.1. The summed E-state index contributed by atoms with van der Waals surface area (Å²) in [5.74, 6) is 0. The molecule has 24 heavy (non-hydrogen) atoms. The Morgan fingerprint density at radius 2 is 2.04 bits per heavy atom. The van der Waals surface area contributed by atoms with Crippen molar-refractivity contribution < 1.29 is 8.42 Å². The van der Waals surface area contributed by atoms with E-state index in [0.29, 0.717) is 17.9 Å². The second kappa shape index (κ2) is 7.64. The fourth-order valence-corrected chi connectivity index (χ4v) is 5.44. The van der Waals surface area contributed by atoms with Crippen LogP contribution in [0.4, 0.5) is 0 Å². The van der Waals surface area contributed by atoms with Crippen LogP contribution < -0.4 is 0 Å². The van der Waals surface area contributed by atoms with Crippen molar-refractivity contribution in [1.82, 2.24) is 9.21 Å². The van der Waals surface area contributed by atoms with Crippen LogP contribution in [0.5, 0.6) is 0 Å². The Morgan fingerprint density at radius 3 is 2.71 bits per heavy atom. The number of likely N-dealkylation sites (tertiary alicyclic amines) is 1. The minimum absolute atomic E-state index is 0.0792. The van der Waals surface area contributed by atoms with E-state index in [1.165, 1.54) is 5.56 Å². The fraction of sp³-hybridized carbons (Fsp3) is 0.474. The zero-order chi connectivity index (χ0) is 17.0. The summed E-state index contributed by atoms with van der Waals surface area (Å²) in [7, 11) is -3.34. The van der Waals surface area contributed by atoms with Crippen molar-refractivity contribution in [2.75, 3.05) is 19.6 Å². The zero-order valence-corrected chi connectivity index (χ0v) is 15.1. The van der Waals surface area contributed by atoms with Crippen molar-refractivity contribution in [1.29, 1.82) is 0 Å². The Balaban J connectivity index is 1.68. The summed E-state index contributed by atoms with van der Waals surface area (Å²) in [6, 6.07) is 10.5. The van der Waals surface area contributed by atoms with Crippen LogP contribution in [-0.4, -0.2) is 43.3 Å². The van der Waals surface area contributed by atoms with Crippen molar-refractivity contribution in [3.8, 4) is 0 Å². The second-order valence-corrected chi connectivity index (χ2v) is 8.41. The highest BCUT2D eigenvalue weighted by molar-refractivity contribution is 7.93. The molecule has 1 heterocycles. The van der Waals surface area contributed by atoms with Gasteiger partial charge in [0.15, 0.2) is 0 Å². The van der Waals surface area contributed by atoms with Crippen LogP contribution in [0.2, 0.25) is 0 Å². The van der Waals surface area contributed by atoms with E-state index in [0.717, 1.165) is 32.5 Å². The summed E-state index contributed by atoms with van der Waals surface area (Å²) in [6.07, 6.45) is 7.98. The van der Waals surface area contributed by atoms with Gasteiger partial charge in [0.2, 0.25) is 10.0 Å². The Kier molecular flexibility index (Phi) is 5.54. The van der Waals surface area contributed by atoms with Crippen LogP contribution in [-0.2, 0) is 16.6 Å². The Bertz CT molecular complexity index is 710. The van der Waals surface area contributed by atoms with Gasteiger partial charge in [-0.1, -0.05) is 49.4 Å². The van der Waals surface area contributed by atoms with Gasteiger partial charge >= 0.3 is 0 Å². The molecular formula is C19H26N2O2S. The monoisotopic (exact) mass is 346 g/mol. The van der Waals surface area contributed by atoms with Gasteiger partial charge in [-0.3, -0.25) is 4.90 Å². The minimum Gasteiger partial charge on any atom is -0.297 e. The van der Waals surface area contributed by atoms with Crippen molar-refractivity contribution in [2.24, 2.45) is 0 Å². The van der Waals surface area contributed by atoms with Crippen LogP contribution in [0.3, 0.4) is 0 Å². The van der Waals surface area contributed by atoms with Gasteiger partial charge in [-0.15, -0.1) is 0 Å². The smallest absolute Gasteiger partial charge is 0.239 e. The SMILES string of the molecule is CCN(C1CCN(Cc2ccccc2)C1)S(=O)(=O)C1=CC=CCC1. The molecule has 1 fully saturated rings.